The van der Waals surface area contributed by atoms with Crippen LogP contribution in [0.2, 0.25) is 0 Å². The largest absolute Gasteiger partial charge is 0.317 e. The van der Waals surface area contributed by atoms with Gasteiger partial charge in [-0.15, -0.1) is 0 Å². The Morgan fingerprint density at radius 2 is 1.58 bits per heavy atom. The fraction of sp³-hybridized carbons (Fsp3) is 0.800. The average Bonchev–Trinajstić information content (AvgIpc) is 2.10. The van der Waals surface area contributed by atoms with Crippen LogP contribution in [0, 0.1) is 17.9 Å². The van der Waals surface area contributed by atoms with Crippen LogP contribution in [0.25, 0.3) is 4.85 Å². The summed E-state index contributed by atoms with van der Waals surface area (Å²) in [6.45, 7) is 7.24. The van der Waals surface area contributed by atoms with E-state index in [2.05, 4.69) is 10.9 Å². The topological polar surface area (TPSA) is 28.1 Å². The summed E-state index contributed by atoms with van der Waals surface area (Å²) in [6.07, 6.45) is 7.57. The smallest absolute Gasteiger partial charge is 0.214 e. The molecule has 0 unspecified atom stereocenters. The Morgan fingerprint density at radius 1 is 1.00 bits per heavy atom. The number of unbranched alkanes of at least 4 members (excludes halogenated alkanes) is 6. The minimum Gasteiger partial charge on any atom is -0.317 e. The van der Waals surface area contributed by atoms with Crippen molar-refractivity contribution in [2.45, 2.75) is 44.9 Å². The van der Waals surface area contributed by atoms with Crippen LogP contribution in [0.4, 0.5) is 0 Å². The van der Waals surface area contributed by atoms with E-state index in [1.54, 1.807) is 0 Å². The summed E-state index contributed by atoms with van der Waals surface area (Å²) in [5, 5.41) is 8.26. The van der Waals surface area contributed by atoms with Gasteiger partial charge in [-0.2, -0.15) is 5.26 Å². The molecule has 2 heteroatoms. The van der Waals surface area contributed by atoms with Crippen molar-refractivity contribution in [2.75, 3.05) is 6.54 Å². The molecule has 0 atom stereocenters. The van der Waals surface area contributed by atoms with E-state index in [0.717, 1.165) is 12.8 Å². The van der Waals surface area contributed by atoms with E-state index < -0.39 is 0 Å². The molecule has 0 bridgehead atoms. The number of hydrogen-bond acceptors (Lipinski definition) is 1. The van der Waals surface area contributed by atoms with Crippen molar-refractivity contribution >= 4 is 0 Å². The second-order valence-corrected chi connectivity index (χ2v) is 2.91. The van der Waals surface area contributed by atoms with Gasteiger partial charge in [-0.3, -0.25) is 0 Å². The molecule has 2 nitrogen and oxygen atoms in total. The molecule has 0 aliphatic heterocycles. The lowest BCUT2D eigenvalue weighted by atomic mass is 10.1. The van der Waals surface area contributed by atoms with Gasteiger partial charge in [0, 0.05) is 12.8 Å². The number of nitrogens with zero attached hydrogens (tertiary/aromatic N) is 2. The minimum absolute atomic E-state index is 0.679. The van der Waals surface area contributed by atoms with Gasteiger partial charge in [-0.1, -0.05) is 19.3 Å². The number of hydrogen-bond donors (Lipinski definition) is 0. The zero-order valence-corrected chi connectivity index (χ0v) is 7.55. The Bertz CT molecular complexity index is 142. The van der Waals surface area contributed by atoms with Crippen molar-refractivity contribution < 1.29 is 0 Å². The second kappa shape index (κ2) is 9.98. The fourth-order valence-electron chi connectivity index (χ4n) is 1.10. The van der Waals surface area contributed by atoms with Gasteiger partial charge in [0.1, 0.15) is 0 Å². The molecule has 0 fully saturated rings. The van der Waals surface area contributed by atoms with Gasteiger partial charge in [0.05, 0.1) is 6.07 Å². The molecule has 0 aromatic heterocycles. The molecule has 0 aliphatic rings. The summed E-state index contributed by atoms with van der Waals surface area (Å²) < 4.78 is 0. The summed E-state index contributed by atoms with van der Waals surface area (Å²) >= 11 is 0. The van der Waals surface area contributed by atoms with Crippen molar-refractivity contribution in [3.8, 4) is 6.07 Å². The maximum absolute atomic E-state index is 8.26. The maximum Gasteiger partial charge on any atom is 0.214 e. The van der Waals surface area contributed by atoms with Crippen LogP contribution in [-0.4, -0.2) is 6.54 Å². The first-order valence-corrected chi connectivity index (χ1v) is 4.62. The van der Waals surface area contributed by atoms with E-state index in [4.69, 9.17) is 11.8 Å². The van der Waals surface area contributed by atoms with Crippen molar-refractivity contribution in [2.24, 2.45) is 0 Å². The standard InChI is InChI=1S/C10H16N2/c1-12-10-8-6-4-2-3-5-7-9-11/h2-8,10H2. The Hall–Kier alpha value is -1.02. The zero-order valence-electron chi connectivity index (χ0n) is 7.55. The molecular formula is C10H16N2. The van der Waals surface area contributed by atoms with Gasteiger partial charge in [0.15, 0.2) is 0 Å². The third-order valence-electron chi connectivity index (χ3n) is 1.81. The zero-order chi connectivity index (χ0) is 9.07. The summed E-state index contributed by atoms with van der Waals surface area (Å²) in [4.78, 5) is 3.29. The molecule has 0 spiro atoms. The van der Waals surface area contributed by atoms with Gasteiger partial charge in [-0.05, 0) is 12.8 Å². The normalized spacial score (nSPS) is 8.83. The maximum atomic E-state index is 8.26. The van der Waals surface area contributed by atoms with Crippen LogP contribution < -0.4 is 0 Å². The lowest BCUT2D eigenvalue weighted by Gasteiger charge is -1.95. The molecule has 0 aromatic rings. The van der Waals surface area contributed by atoms with E-state index in [1.165, 1.54) is 25.7 Å². The molecule has 0 heterocycles. The molecule has 0 saturated heterocycles. The minimum atomic E-state index is 0.679. The lowest BCUT2D eigenvalue weighted by molar-refractivity contribution is 0.609. The van der Waals surface area contributed by atoms with E-state index in [1.807, 2.05) is 0 Å². The molecule has 0 aliphatic carbocycles. The number of rotatable bonds is 7. The van der Waals surface area contributed by atoms with Crippen molar-refractivity contribution in [1.29, 1.82) is 5.26 Å². The highest BCUT2D eigenvalue weighted by molar-refractivity contribution is 4.67. The Morgan fingerprint density at radius 3 is 2.17 bits per heavy atom. The third kappa shape index (κ3) is 8.98. The molecule has 12 heavy (non-hydrogen) atoms. The van der Waals surface area contributed by atoms with Crippen LogP contribution in [0.15, 0.2) is 0 Å². The first-order valence-electron chi connectivity index (χ1n) is 4.62. The molecule has 0 N–H and O–H groups in total. The molecule has 66 valence electrons. The highest BCUT2D eigenvalue weighted by Gasteiger charge is 1.91. The highest BCUT2D eigenvalue weighted by Crippen LogP contribution is 2.06. The summed E-state index contributed by atoms with van der Waals surface area (Å²) in [5.41, 5.74) is 0. The van der Waals surface area contributed by atoms with Gasteiger partial charge in [-0.25, -0.2) is 6.57 Å². The Labute approximate surface area is 75.0 Å². The van der Waals surface area contributed by atoms with Crippen molar-refractivity contribution in [1.82, 2.24) is 0 Å². The monoisotopic (exact) mass is 164 g/mol. The van der Waals surface area contributed by atoms with E-state index in [-0.39, 0.29) is 0 Å². The summed E-state index contributed by atoms with van der Waals surface area (Å²) in [6, 6.07) is 2.14. The predicted octanol–water partition coefficient (Wildman–Crippen LogP) is 3.16. The van der Waals surface area contributed by atoms with E-state index in [0.29, 0.717) is 13.0 Å². The van der Waals surface area contributed by atoms with E-state index >= 15 is 0 Å². The van der Waals surface area contributed by atoms with Crippen LogP contribution in [0.5, 0.6) is 0 Å². The number of nitriles is 1. The summed E-state index contributed by atoms with van der Waals surface area (Å²) in [7, 11) is 0. The molecule has 0 radical (unpaired) electrons. The first-order chi connectivity index (χ1) is 5.91. The molecule has 0 saturated carbocycles. The first kappa shape index (κ1) is 11.0. The molecule has 0 rings (SSSR count). The predicted molar refractivity (Wildman–Crippen MR) is 49.4 cm³/mol. The lowest BCUT2D eigenvalue weighted by Crippen LogP contribution is -1.81. The van der Waals surface area contributed by atoms with Gasteiger partial charge in [0.2, 0.25) is 6.54 Å². The second-order valence-electron chi connectivity index (χ2n) is 2.91. The SMILES string of the molecule is [C-]#[N+]CCCCCCCCC#N. The van der Waals surface area contributed by atoms with Gasteiger partial charge >= 0.3 is 0 Å². The van der Waals surface area contributed by atoms with Crippen LogP contribution in [0.3, 0.4) is 0 Å². The van der Waals surface area contributed by atoms with Crippen molar-refractivity contribution in [3.63, 3.8) is 0 Å². The Kier molecular flexibility index (Phi) is 9.13. The molecule has 0 amide bonds. The summed E-state index contributed by atoms with van der Waals surface area (Å²) in [5.74, 6) is 0. The van der Waals surface area contributed by atoms with E-state index in [9.17, 15) is 0 Å². The quantitative estimate of drug-likeness (QED) is 0.419. The van der Waals surface area contributed by atoms with Crippen LogP contribution >= 0.6 is 0 Å². The highest BCUT2D eigenvalue weighted by atomic mass is 14.6. The van der Waals surface area contributed by atoms with Crippen LogP contribution in [-0.2, 0) is 0 Å². The van der Waals surface area contributed by atoms with Crippen molar-refractivity contribution in [3.05, 3.63) is 11.4 Å². The Balaban J connectivity index is 2.84. The molecule has 0 aromatic carbocycles. The molecular weight excluding hydrogens is 148 g/mol. The van der Waals surface area contributed by atoms with Gasteiger partial charge < -0.3 is 4.85 Å². The average molecular weight is 164 g/mol. The third-order valence-corrected chi connectivity index (χ3v) is 1.81. The van der Waals surface area contributed by atoms with Gasteiger partial charge in [0.25, 0.3) is 0 Å². The van der Waals surface area contributed by atoms with Crippen LogP contribution in [0.1, 0.15) is 44.9 Å². The fourth-order valence-corrected chi connectivity index (χ4v) is 1.10.